The summed E-state index contributed by atoms with van der Waals surface area (Å²) in [4.78, 5) is 10.8. The molecular weight excluding hydrogens is 156 g/mol. The van der Waals surface area contributed by atoms with Gasteiger partial charge in [0.05, 0.1) is 0 Å². The van der Waals surface area contributed by atoms with E-state index in [1.54, 1.807) is 6.92 Å². The fourth-order valence-corrected chi connectivity index (χ4v) is 2.09. The molecule has 0 heterocycles. The van der Waals surface area contributed by atoms with Gasteiger partial charge < -0.3 is 0 Å². The zero-order valence-electron chi connectivity index (χ0n) is 7.94. The number of thioether (sulfide) groups is 1. The molecule has 0 aliphatic rings. The SMILES string of the molecule is CCCSC(C)(C)CC(C)=O. The number of carbonyl (C=O) groups is 1. The van der Waals surface area contributed by atoms with Crippen LogP contribution in [0.25, 0.3) is 0 Å². The number of carbonyl (C=O) groups excluding carboxylic acids is 1. The number of rotatable bonds is 5. The van der Waals surface area contributed by atoms with Crippen molar-refractivity contribution in [2.75, 3.05) is 5.75 Å². The van der Waals surface area contributed by atoms with Gasteiger partial charge in [-0.25, -0.2) is 0 Å². The van der Waals surface area contributed by atoms with Crippen molar-refractivity contribution in [3.8, 4) is 0 Å². The van der Waals surface area contributed by atoms with Crippen LogP contribution in [0.15, 0.2) is 0 Å². The third-order valence-corrected chi connectivity index (χ3v) is 2.91. The van der Waals surface area contributed by atoms with Gasteiger partial charge in [-0.1, -0.05) is 20.8 Å². The molecule has 0 aromatic rings. The molecule has 0 amide bonds. The summed E-state index contributed by atoms with van der Waals surface area (Å²) in [5, 5.41) is 0. The lowest BCUT2D eigenvalue weighted by molar-refractivity contribution is -0.117. The van der Waals surface area contributed by atoms with Crippen LogP contribution >= 0.6 is 11.8 Å². The molecule has 0 bridgehead atoms. The highest BCUT2D eigenvalue weighted by Crippen LogP contribution is 2.28. The molecule has 66 valence electrons. The second kappa shape index (κ2) is 4.81. The van der Waals surface area contributed by atoms with Gasteiger partial charge in [-0.3, -0.25) is 4.79 Å². The Hall–Kier alpha value is 0.0200. The Morgan fingerprint density at radius 1 is 1.45 bits per heavy atom. The van der Waals surface area contributed by atoms with Crippen LogP contribution in [0.3, 0.4) is 0 Å². The summed E-state index contributed by atoms with van der Waals surface area (Å²) in [5.41, 5.74) is 0. The molecule has 0 radical (unpaired) electrons. The van der Waals surface area contributed by atoms with Gasteiger partial charge in [0.2, 0.25) is 0 Å². The summed E-state index contributed by atoms with van der Waals surface area (Å²) in [6.07, 6.45) is 1.88. The summed E-state index contributed by atoms with van der Waals surface area (Å²) < 4.78 is 0.141. The van der Waals surface area contributed by atoms with E-state index in [1.807, 2.05) is 11.8 Å². The number of ketones is 1. The molecule has 0 aromatic carbocycles. The van der Waals surface area contributed by atoms with Crippen LogP contribution < -0.4 is 0 Å². The third-order valence-electron chi connectivity index (χ3n) is 1.37. The maximum atomic E-state index is 10.8. The summed E-state index contributed by atoms with van der Waals surface area (Å²) in [5.74, 6) is 1.44. The Morgan fingerprint density at radius 3 is 2.36 bits per heavy atom. The molecule has 0 rings (SSSR count). The highest BCUT2D eigenvalue weighted by atomic mass is 32.2. The van der Waals surface area contributed by atoms with E-state index in [0.717, 1.165) is 5.75 Å². The molecule has 2 heteroatoms. The Kier molecular flexibility index (Phi) is 4.82. The van der Waals surface area contributed by atoms with Gasteiger partial charge in [0, 0.05) is 11.2 Å². The van der Waals surface area contributed by atoms with Gasteiger partial charge in [0.15, 0.2) is 0 Å². The smallest absolute Gasteiger partial charge is 0.131 e. The van der Waals surface area contributed by atoms with E-state index in [2.05, 4.69) is 20.8 Å². The molecule has 0 saturated heterocycles. The summed E-state index contributed by atoms with van der Waals surface area (Å²) in [6.45, 7) is 8.09. The average molecular weight is 174 g/mol. The van der Waals surface area contributed by atoms with E-state index in [1.165, 1.54) is 6.42 Å². The minimum Gasteiger partial charge on any atom is -0.300 e. The van der Waals surface area contributed by atoms with Gasteiger partial charge in [0.25, 0.3) is 0 Å². The minimum atomic E-state index is 0.141. The third kappa shape index (κ3) is 6.42. The van der Waals surface area contributed by atoms with Crippen LogP contribution in [-0.2, 0) is 4.79 Å². The lowest BCUT2D eigenvalue weighted by atomic mass is 10.1. The fourth-order valence-electron chi connectivity index (χ4n) is 1.03. The lowest BCUT2D eigenvalue weighted by Gasteiger charge is -2.21. The summed E-state index contributed by atoms with van der Waals surface area (Å²) in [7, 11) is 0. The highest BCUT2D eigenvalue weighted by molar-refractivity contribution is 8.00. The number of hydrogen-bond donors (Lipinski definition) is 0. The van der Waals surface area contributed by atoms with E-state index >= 15 is 0 Å². The molecule has 0 atom stereocenters. The molecule has 0 aliphatic heterocycles. The predicted octanol–water partition coefficient (Wildman–Crippen LogP) is 2.89. The van der Waals surface area contributed by atoms with Crippen LogP contribution in [0.2, 0.25) is 0 Å². The van der Waals surface area contributed by atoms with Crippen molar-refractivity contribution in [2.45, 2.75) is 45.3 Å². The van der Waals surface area contributed by atoms with E-state index in [-0.39, 0.29) is 4.75 Å². The van der Waals surface area contributed by atoms with E-state index in [9.17, 15) is 4.79 Å². The molecule has 0 aromatic heterocycles. The monoisotopic (exact) mass is 174 g/mol. The van der Waals surface area contributed by atoms with Crippen molar-refractivity contribution in [3.05, 3.63) is 0 Å². The summed E-state index contributed by atoms with van der Waals surface area (Å²) in [6, 6.07) is 0. The first-order chi connectivity index (χ1) is 4.98. The van der Waals surface area contributed by atoms with Crippen LogP contribution in [0.5, 0.6) is 0 Å². The molecule has 1 nitrogen and oxygen atoms in total. The van der Waals surface area contributed by atoms with Gasteiger partial charge in [0.1, 0.15) is 5.78 Å². The molecule has 0 saturated carbocycles. The molecule has 0 spiro atoms. The topological polar surface area (TPSA) is 17.1 Å². The second-order valence-corrected chi connectivity index (χ2v) is 5.29. The molecule has 0 N–H and O–H groups in total. The van der Waals surface area contributed by atoms with Crippen molar-refractivity contribution < 1.29 is 4.79 Å². The van der Waals surface area contributed by atoms with Gasteiger partial charge in [-0.2, -0.15) is 11.8 Å². The van der Waals surface area contributed by atoms with Gasteiger partial charge in [-0.05, 0) is 19.1 Å². The Bertz CT molecular complexity index is 130. The Morgan fingerprint density at radius 2 is 2.00 bits per heavy atom. The normalized spacial score (nSPS) is 11.6. The zero-order valence-corrected chi connectivity index (χ0v) is 8.75. The zero-order chi connectivity index (χ0) is 8.91. The highest BCUT2D eigenvalue weighted by Gasteiger charge is 2.19. The average Bonchev–Trinajstić information content (AvgIpc) is 1.81. The second-order valence-electron chi connectivity index (χ2n) is 3.49. The van der Waals surface area contributed by atoms with Crippen LogP contribution in [-0.4, -0.2) is 16.3 Å². The van der Waals surface area contributed by atoms with Crippen molar-refractivity contribution in [3.63, 3.8) is 0 Å². The van der Waals surface area contributed by atoms with E-state index in [4.69, 9.17) is 0 Å². The molecular formula is C9H18OS. The molecule has 0 fully saturated rings. The summed E-state index contributed by atoms with van der Waals surface area (Å²) >= 11 is 1.89. The standard InChI is InChI=1S/C9H18OS/c1-5-6-11-9(3,4)7-8(2)10/h5-7H2,1-4H3. The predicted molar refractivity (Wildman–Crippen MR) is 52.1 cm³/mol. The van der Waals surface area contributed by atoms with E-state index in [0.29, 0.717) is 12.2 Å². The van der Waals surface area contributed by atoms with Crippen molar-refractivity contribution in [2.24, 2.45) is 0 Å². The van der Waals surface area contributed by atoms with Crippen LogP contribution in [0.4, 0.5) is 0 Å². The van der Waals surface area contributed by atoms with Gasteiger partial charge >= 0.3 is 0 Å². The largest absolute Gasteiger partial charge is 0.300 e. The lowest BCUT2D eigenvalue weighted by Crippen LogP contribution is -2.19. The molecule has 0 unspecified atom stereocenters. The Balaban J connectivity index is 3.70. The molecule has 0 aliphatic carbocycles. The van der Waals surface area contributed by atoms with Crippen molar-refractivity contribution in [1.29, 1.82) is 0 Å². The maximum Gasteiger partial charge on any atom is 0.131 e. The first kappa shape index (κ1) is 11.0. The number of hydrogen-bond acceptors (Lipinski definition) is 2. The van der Waals surface area contributed by atoms with Gasteiger partial charge in [-0.15, -0.1) is 0 Å². The fraction of sp³-hybridized carbons (Fsp3) is 0.889. The molecule has 11 heavy (non-hydrogen) atoms. The number of Topliss-reactive ketones (excluding diaryl/α,β-unsaturated/α-hetero) is 1. The maximum absolute atomic E-state index is 10.8. The van der Waals surface area contributed by atoms with Crippen molar-refractivity contribution in [1.82, 2.24) is 0 Å². The quantitative estimate of drug-likeness (QED) is 0.637. The Labute approximate surface area is 73.9 Å². The first-order valence-corrected chi connectivity index (χ1v) is 5.10. The van der Waals surface area contributed by atoms with Crippen LogP contribution in [0, 0.1) is 0 Å². The minimum absolute atomic E-state index is 0.141. The van der Waals surface area contributed by atoms with Crippen molar-refractivity contribution >= 4 is 17.5 Å². The van der Waals surface area contributed by atoms with E-state index < -0.39 is 0 Å². The first-order valence-electron chi connectivity index (χ1n) is 4.11. The van der Waals surface area contributed by atoms with Crippen LogP contribution in [0.1, 0.15) is 40.5 Å².